The van der Waals surface area contributed by atoms with E-state index in [-0.39, 0.29) is 36.2 Å². The Morgan fingerprint density at radius 2 is 1.97 bits per heavy atom. The minimum Gasteiger partial charge on any atom is -0.465 e. The third-order valence-electron chi connectivity index (χ3n) is 5.75. The number of carbonyl (C=O) groups is 2. The maximum absolute atomic E-state index is 13.1. The Bertz CT molecular complexity index is 1460. The average molecular weight is 486 g/mol. The van der Waals surface area contributed by atoms with E-state index in [1.54, 1.807) is 25.1 Å². The molecule has 0 aliphatic carbocycles. The first-order chi connectivity index (χ1) is 16.6. The third-order valence-corrected chi connectivity index (χ3v) is 5.75. The molecular weight excluding hydrogens is 469 g/mol. The maximum atomic E-state index is 13.1. The number of carboxylic acid groups (broad SMARTS) is 1. The fourth-order valence-corrected chi connectivity index (χ4v) is 3.71. The highest BCUT2D eigenvalue weighted by molar-refractivity contribution is 6.04. The molecule has 2 amide bonds. The van der Waals surface area contributed by atoms with Gasteiger partial charge in [0.2, 0.25) is 11.7 Å². The van der Waals surface area contributed by atoms with Crippen LogP contribution in [0.3, 0.4) is 0 Å². The molecule has 1 aliphatic rings. The van der Waals surface area contributed by atoms with Crippen molar-refractivity contribution in [2.24, 2.45) is 0 Å². The maximum Gasteiger partial charge on any atom is 0.417 e. The van der Waals surface area contributed by atoms with E-state index >= 15 is 0 Å². The van der Waals surface area contributed by atoms with Crippen molar-refractivity contribution < 1.29 is 32.4 Å². The van der Waals surface area contributed by atoms with Crippen molar-refractivity contribution in [1.29, 1.82) is 0 Å². The summed E-state index contributed by atoms with van der Waals surface area (Å²) in [5.41, 5.74) is 0.873. The van der Waals surface area contributed by atoms with Crippen LogP contribution in [-0.2, 0) is 6.18 Å². The molecular formula is C22H17F3N6O4. The molecule has 0 spiro atoms. The summed E-state index contributed by atoms with van der Waals surface area (Å²) in [5, 5.41) is 15.6. The second kappa shape index (κ2) is 8.11. The minimum absolute atomic E-state index is 0.0641. The number of likely N-dealkylation sites (tertiary alicyclic amines) is 1. The van der Waals surface area contributed by atoms with Crippen molar-refractivity contribution in [3.63, 3.8) is 0 Å². The molecule has 0 atom stereocenters. The van der Waals surface area contributed by atoms with E-state index in [2.05, 4.69) is 20.4 Å². The molecule has 10 nitrogen and oxygen atoms in total. The normalized spacial score (nSPS) is 14.2. The summed E-state index contributed by atoms with van der Waals surface area (Å²) in [7, 11) is 0. The SMILES string of the molecule is Cc1ccc(-c2noc(C3CN(C(=O)O)C3)n2)cc1NC(=O)c1cnc2ccc(C(F)(F)F)cn12. The molecule has 1 aliphatic heterocycles. The molecule has 5 rings (SSSR count). The van der Waals surface area contributed by atoms with Crippen molar-refractivity contribution in [3.8, 4) is 11.4 Å². The topological polar surface area (TPSA) is 126 Å². The van der Waals surface area contributed by atoms with Gasteiger partial charge >= 0.3 is 12.3 Å². The molecule has 0 bridgehead atoms. The number of amides is 2. The van der Waals surface area contributed by atoms with Gasteiger partial charge in [0.15, 0.2) is 0 Å². The van der Waals surface area contributed by atoms with Gasteiger partial charge in [0, 0.05) is 30.5 Å². The molecule has 2 N–H and O–H groups in total. The van der Waals surface area contributed by atoms with Crippen molar-refractivity contribution in [2.45, 2.75) is 19.0 Å². The Hall–Kier alpha value is -4.42. The number of nitrogens with zero attached hydrogens (tertiary/aromatic N) is 5. The molecule has 1 saturated heterocycles. The zero-order valence-electron chi connectivity index (χ0n) is 18.1. The summed E-state index contributed by atoms with van der Waals surface area (Å²) in [6.07, 6.45) is -3.55. The molecule has 13 heteroatoms. The first-order valence-electron chi connectivity index (χ1n) is 10.4. The molecule has 3 aromatic heterocycles. The van der Waals surface area contributed by atoms with Crippen LogP contribution in [0.5, 0.6) is 0 Å². The van der Waals surface area contributed by atoms with Gasteiger partial charge in [0.1, 0.15) is 11.3 Å². The molecule has 0 saturated carbocycles. The number of nitrogens with one attached hydrogen (secondary N) is 1. The van der Waals surface area contributed by atoms with Gasteiger partial charge in [-0.1, -0.05) is 17.3 Å². The number of pyridine rings is 1. The number of aromatic nitrogens is 4. The zero-order chi connectivity index (χ0) is 24.9. The van der Waals surface area contributed by atoms with Gasteiger partial charge in [-0.3, -0.25) is 9.20 Å². The Morgan fingerprint density at radius 1 is 1.20 bits per heavy atom. The second-order valence-corrected chi connectivity index (χ2v) is 8.11. The number of benzene rings is 1. The molecule has 180 valence electrons. The number of anilines is 1. The number of alkyl halides is 3. The summed E-state index contributed by atoms with van der Waals surface area (Å²) < 4.78 is 45.7. The van der Waals surface area contributed by atoms with Gasteiger partial charge < -0.3 is 19.8 Å². The van der Waals surface area contributed by atoms with Crippen LogP contribution in [0, 0.1) is 6.92 Å². The lowest BCUT2D eigenvalue weighted by molar-refractivity contribution is -0.137. The quantitative estimate of drug-likeness (QED) is 0.446. The van der Waals surface area contributed by atoms with E-state index in [1.165, 1.54) is 17.2 Å². The highest BCUT2D eigenvalue weighted by Gasteiger charge is 2.35. The Kier molecular flexibility index (Phi) is 5.19. The van der Waals surface area contributed by atoms with E-state index in [9.17, 15) is 22.8 Å². The molecule has 0 unspecified atom stereocenters. The second-order valence-electron chi connectivity index (χ2n) is 8.11. The number of halogens is 3. The third kappa shape index (κ3) is 4.16. The Balaban J connectivity index is 1.38. The van der Waals surface area contributed by atoms with Crippen LogP contribution in [0.25, 0.3) is 17.0 Å². The number of hydrogen-bond donors (Lipinski definition) is 2. The molecule has 1 fully saturated rings. The molecule has 4 aromatic rings. The van der Waals surface area contributed by atoms with Crippen LogP contribution in [-0.4, -0.2) is 54.6 Å². The predicted molar refractivity (Wildman–Crippen MR) is 115 cm³/mol. The van der Waals surface area contributed by atoms with Crippen LogP contribution in [0.15, 0.2) is 47.2 Å². The summed E-state index contributed by atoms with van der Waals surface area (Å²) in [6, 6.07) is 7.17. The number of rotatable bonds is 4. The minimum atomic E-state index is -4.56. The number of hydrogen-bond acceptors (Lipinski definition) is 6. The first-order valence-corrected chi connectivity index (χ1v) is 10.4. The van der Waals surface area contributed by atoms with Crippen LogP contribution in [0.1, 0.15) is 33.4 Å². The Labute approximate surface area is 195 Å². The van der Waals surface area contributed by atoms with Crippen molar-refractivity contribution in [3.05, 3.63) is 65.4 Å². The van der Waals surface area contributed by atoms with Crippen LogP contribution in [0.4, 0.5) is 23.7 Å². The van der Waals surface area contributed by atoms with Gasteiger partial charge in [0.05, 0.1) is 17.7 Å². The van der Waals surface area contributed by atoms with Gasteiger partial charge in [0.25, 0.3) is 5.91 Å². The predicted octanol–water partition coefficient (Wildman–Crippen LogP) is 4.04. The summed E-state index contributed by atoms with van der Waals surface area (Å²) >= 11 is 0. The monoisotopic (exact) mass is 486 g/mol. The van der Waals surface area contributed by atoms with E-state index in [4.69, 9.17) is 9.63 Å². The lowest BCUT2D eigenvalue weighted by Crippen LogP contribution is -2.47. The van der Waals surface area contributed by atoms with E-state index in [0.717, 1.165) is 16.7 Å². The fraction of sp³-hybridized carbons (Fsp3) is 0.227. The van der Waals surface area contributed by atoms with Gasteiger partial charge in [-0.25, -0.2) is 9.78 Å². The zero-order valence-corrected chi connectivity index (χ0v) is 18.1. The molecule has 4 heterocycles. The summed E-state index contributed by atoms with van der Waals surface area (Å²) in [6.45, 7) is 2.29. The number of imidazole rings is 1. The van der Waals surface area contributed by atoms with Gasteiger partial charge in [-0.15, -0.1) is 0 Å². The fourth-order valence-electron chi connectivity index (χ4n) is 3.71. The number of aryl methyl sites for hydroxylation is 1. The lowest BCUT2D eigenvalue weighted by atomic mass is 10.0. The smallest absolute Gasteiger partial charge is 0.417 e. The van der Waals surface area contributed by atoms with E-state index < -0.39 is 23.7 Å². The standard InChI is InChI=1S/C22H17F3N6O4/c1-11-2-3-12(18-28-20(35-29-18)13-8-30(9-13)21(33)34)6-15(11)27-19(32)16-7-26-17-5-4-14(10-31(16)17)22(23,24)25/h2-7,10,13H,8-9H2,1H3,(H,27,32)(H,33,34). The van der Waals surface area contributed by atoms with Crippen LogP contribution in [0.2, 0.25) is 0 Å². The van der Waals surface area contributed by atoms with E-state index in [0.29, 0.717) is 22.7 Å². The van der Waals surface area contributed by atoms with Crippen LogP contribution < -0.4 is 5.32 Å². The van der Waals surface area contributed by atoms with Gasteiger partial charge in [-0.2, -0.15) is 18.2 Å². The summed E-state index contributed by atoms with van der Waals surface area (Å²) in [4.78, 5) is 33.4. The van der Waals surface area contributed by atoms with Gasteiger partial charge in [-0.05, 0) is 30.7 Å². The first kappa shape index (κ1) is 22.4. The number of carbonyl (C=O) groups excluding carboxylic acids is 1. The summed E-state index contributed by atoms with van der Waals surface area (Å²) in [5.74, 6) is -0.258. The van der Waals surface area contributed by atoms with Crippen molar-refractivity contribution >= 4 is 23.3 Å². The van der Waals surface area contributed by atoms with E-state index in [1.807, 2.05) is 0 Å². The highest BCUT2D eigenvalue weighted by Crippen LogP contribution is 2.31. The van der Waals surface area contributed by atoms with Crippen molar-refractivity contribution in [2.75, 3.05) is 18.4 Å². The average Bonchev–Trinajstić information content (AvgIpc) is 3.40. The largest absolute Gasteiger partial charge is 0.465 e. The number of fused-ring (bicyclic) bond motifs is 1. The lowest BCUT2D eigenvalue weighted by Gasteiger charge is -2.34. The highest BCUT2D eigenvalue weighted by atomic mass is 19.4. The van der Waals surface area contributed by atoms with Crippen LogP contribution >= 0.6 is 0 Å². The molecule has 1 aromatic carbocycles. The molecule has 0 radical (unpaired) electrons. The molecule has 35 heavy (non-hydrogen) atoms. The Morgan fingerprint density at radius 3 is 2.69 bits per heavy atom. The van der Waals surface area contributed by atoms with Crippen molar-refractivity contribution in [1.82, 2.24) is 24.4 Å².